The first-order valence-electron chi connectivity index (χ1n) is 11.1. The largest absolute Gasteiger partial charge is 0.308 e. The lowest BCUT2D eigenvalue weighted by atomic mass is 10.0. The quantitative estimate of drug-likeness (QED) is 0.237. The summed E-state index contributed by atoms with van der Waals surface area (Å²) in [6.07, 6.45) is 0. The highest BCUT2D eigenvalue weighted by molar-refractivity contribution is 6.25. The summed E-state index contributed by atoms with van der Waals surface area (Å²) in [6.45, 7) is 2.22. The van der Waals surface area contributed by atoms with Gasteiger partial charge in [-0.1, -0.05) is 97.1 Å². The van der Waals surface area contributed by atoms with Crippen LogP contribution in [-0.2, 0) is 0 Å². The molecular weight excluding hydrogens is 386 g/mol. The van der Waals surface area contributed by atoms with Gasteiger partial charge in [-0.2, -0.15) is 0 Å². The predicted molar refractivity (Wildman–Crippen MR) is 138 cm³/mol. The van der Waals surface area contributed by atoms with Crippen molar-refractivity contribution in [3.8, 4) is 0 Å². The summed E-state index contributed by atoms with van der Waals surface area (Å²) >= 11 is 0. The lowest BCUT2D eigenvalue weighted by Crippen LogP contribution is -1.86. The van der Waals surface area contributed by atoms with Crippen LogP contribution in [0.2, 0.25) is 0 Å². The Hall–Kier alpha value is -4.10. The summed E-state index contributed by atoms with van der Waals surface area (Å²) in [5.74, 6) is 0. The molecule has 0 saturated heterocycles. The standard InChI is InChI=1S/C31H21N/c1-20-10-8-19-29-30(20)27-17-9-16-26-24-14-5-3-12-22(24)21-11-2-4-13-23(21)25-15-6-7-18-28(25)32(29)31(26)27/h2-19H,1H3. The van der Waals surface area contributed by atoms with Crippen LogP contribution >= 0.6 is 0 Å². The fourth-order valence-electron chi connectivity index (χ4n) is 5.57. The van der Waals surface area contributed by atoms with Crippen molar-refractivity contribution in [3.05, 3.63) is 115 Å². The van der Waals surface area contributed by atoms with Crippen molar-refractivity contribution in [1.82, 2.24) is 4.40 Å². The van der Waals surface area contributed by atoms with Crippen molar-refractivity contribution >= 4 is 59.6 Å². The summed E-state index contributed by atoms with van der Waals surface area (Å²) in [5, 5.41) is 10.3. The Morgan fingerprint density at radius 2 is 0.875 bits per heavy atom. The molecule has 2 heterocycles. The first kappa shape index (κ1) is 17.6. The molecule has 0 amide bonds. The maximum absolute atomic E-state index is 2.49. The van der Waals surface area contributed by atoms with Crippen LogP contribution in [0.3, 0.4) is 0 Å². The van der Waals surface area contributed by atoms with Crippen molar-refractivity contribution in [1.29, 1.82) is 0 Å². The topological polar surface area (TPSA) is 4.41 Å². The number of nitrogens with zero attached hydrogens (tertiary/aromatic N) is 1. The molecule has 0 aliphatic heterocycles. The van der Waals surface area contributed by atoms with E-state index < -0.39 is 0 Å². The molecule has 0 radical (unpaired) electrons. The van der Waals surface area contributed by atoms with Crippen LogP contribution in [0, 0.1) is 6.92 Å². The van der Waals surface area contributed by atoms with Crippen LogP contribution in [-0.4, -0.2) is 4.40 Å². The first-order chi connectivity index (χ1) is 15.8. The monoisotopic (exact) mass is 407 g/mol. The van der Waals surface area contributed by atoms with Gasteiger partial charge in [0.2, 0.25) is 0 Å². The number of rotatable bonds is 0. The number of aromatic nitrogens is 1. The average Bonchev–Trinajstić information content (AvgIpc) is 3.21. The van der Waals surface area contributed by atoms with E-state index in [2.05, 4.69) is 121 Å². The smallest absolute Gasteiger partial charge is 0.0620 e. The van der Waals surface area contributed by atoms with Gasteiger partial charge in [-0.05, 0) is 46.2 Å². The Morgan fingerprint density at radius 3 is 1.59 bits per heavy atom. The second-order valence-electron chi connectivity index (χ2n) is 8.61. The van der Waals surface area contributed by atoms with E-state index in [4.69, 9.17) is 0 Å². The van der Waals surface area contributed by atoms with E-state index in [1.807, 2.05) is 0 Å². The maximum atomic E-state index is 2.49. The van der Waals surface area contributed by atoms with E-state index in [1.165, 1.54) is 65.2 Å². The Bertz CT molecular complexity index is 1890. The molecule has 1 nitrogen and oxygen atoms in total. The highest BCUT2D eigenvalue weighted by Gasteiger charge is 2.15. The summed E-state index contributed by atoms with van der Waals surface area (Å²) in [4.78, 5) is 0. The van der Waals surface area contributed by atoms with E-state index in [9.17, 15) is 0 Å². The summed E-state index contributed by atoms with van der Waals surface area (Å²) in [7, 11) is 0. The molecule has 0 atom stereocenters. The molecule has 32 heavy (non-hydrogen) atoms. The van der Waals surface area contributed by atoms with Gasteiger partial charge in [0.25, 0.3) is 0 Å². The molecule has 5 aromatic carbocycles. The van der Waals surface area contributed by atoms with Gasteiger partial charge in [0.15, 0.2) is 0 Å². The number of hydrogen-bond acceptors (Lipinski definition) is 0. The molecule has 0 spiro atoms. The molecule has 0 fully saturated rings. The Kier molecular flexibility index (Phi) is 3.54. The molecule has 0 aliphatic carbocycles. The third kappa shape index (κ3) is 2.23. The van der Waals surface area contributed by atoms with E-state index in [-0.39, 0.29) is 0 Å². The zero-order chi connectivity index (χ0) is 21.2. The van der Waals surface area contributed by atoms with E-state index in [1.54, 1.807) is 0 Å². The number of benzene rings is 5. The summed E-state index contributed by atoms with van der Waals surface area (Å²) in [5.41, 5.74) is 5.08. The zero-order valence-corrected chi connectivity index (χ0v) is 17.8. The first-order valence-corrected chi connectivity index (χ1v) is 11.1. The van der Waals surface area contributed by atoms with Crippen LogP contribution in [0.1, 0.15) is 5.56 Å². The number of hydrogen-bond donors (Lipinski definition) is 0. The normalized spacial score (nSPS) is 11.9. The van der Waals surface area contributed by atoms with Crippen molar-refractivity contribution < 1.29 is 0 Å². The third-order valence-electron chi connectivity index (χ3n) is 6.89. The van der Waals surface area contributed by atoms with Gasteiger partial charge < -0.3 is 4.40 Å². The number of aryl methyl sites for hydroxylation is 1. The second kappa shape index (κ2) is 6.45. The van der Waals surface area contributed by atoms with Crippen molar-refractivity contribution in [2.75, 3.05) is 0 Å². The summed E-state index contributed by atoms with van der Waals surface area (Å²) in [6, 6.07) is 39.9. The van der Waals surface area contributed by atoms with E-state index in [0.717, 1.165) is 0 Å². The van der Waals surface area contributed by atoms with Gasteiger partial charge in [-0.25, -0.2) is 0 Å². The maximum Gasteiger partial charge on any atom is 0.0620 e. The number of para-hydroxylation sites is 2. The Balaban J connectivity index is 2.04. The predicted octanol–water partition coefficient (Wildman–Crippen LogP) is 8.58. The molecule has 0 unspecified atom stereocenters. The van der Waals surface area contributed by atoms with Gasteiger partial charge in [0.1, 0.15) is 0 Å². The van der Waals surface area contributed by atoms with Crippen molar-refractivity contribution in [3.63, 3.8) is 0 Å². The van der Waals surface area contributed by atoms with Crippen LogP contribution < -0.4 is 0 Å². The Labute approximate surface area is 185 Å². The molecule has 2 aromatic heterocycles. The molecule has 0 aliphatic rings. The average molecular weight is 408 g/mol. The van der Waals surface area contributed by atoms with Gasteiger partial charge in [0.05, 0.1) is 16.6 Å². The minimum Gasteiger partial charge on any atom is -0.308 e. The fraction of sp³-hybridized carbons (Fsp3) is 0.0323. The van der Waals surface area contributed by atoms with Crippen LogP contribution in [0.5, 0.6) is 0 Å². The van der Waals surface area contributed by atoms with Crippen LogP contribution in [0.15, 0.2) is 109 Å². The number of fused-ring (bicyclic) bond motifs is 10. The molecule has 0 saturated carbocycles. The third-order valence-corrected chi connectivity index (χ3v) is 6.89. The van der Waals surface area contributed by atoms with Crippen molar-refractivity contribution in [2.24, 2.45) is 0 Å². The SMILES string of the molecule is Cc1cccc2c1c1cccc3c4ccccc4c4ccccc4c4ccccc4n2c31. The molecule has 0 bridgehead atoms. The van der Waals surface area contributed by atoms with Crippen LogP contribution in [0.25, 0.3) is 59.6 Å². The molecule has 1 heteroatoms. The Morgan fingerprint density at radius 1 is 0.406 bits per heavy atom. The van der Waals surface area contributed by atoms with Gasteiger partial charge >= 0.3 is 0 Å². The zero-order valence-electron chi connectivity index (χ0n) is 17.8. The molecule has 7 aromatic rings. The molecule has 150 valence electrons. The van der Waals surface area contributed by atoms with Gasteiger partial charge in [-0.3, -0.25) is 0 Å². The molecular formula is C31H21N. The lowest BCUT2D eigenvalue weighted by molar-refractivity contribution is 1.35. The van der Waals surface area contributed by atoms with Gasteiger partial charge in [0, 0.05) is 21.5 Å². The molecule has 7 rings (SSSR count). The van der Waals surface area contributed by atoms with E-state index in [0.29, 0.717) is 0 Å². The van der Waals surface area contributed by atoms with Crippen LogP contribution in [0.4, 0.5) is 0 Å². The highest BCUT2D eigenvalue weighted by Crippen LogP contribution is 2.39. The minimum atomic E-state index is 1.23. The minimum absolute atomic E-state index is 1.23. The van der Waals surface area contributed by atoms with Crippen molar-refractivity contribution in [2.45, 2.75) is 6.92 Å². The van der Waals surface area contributed by atoms with Gasteiger partial charge in [-0.15, -0.1) is 0 Å². The molecule has 0 N–H and O–H groups in total. The summed E-state index contributed by atoms with van der Waals surface area (Å²) < 4.78 is 2.49. The highest BCUT2D eigenvalue weighted by atomic mass is 14.9. The van der Waals surface area contributed by atoms with E-state index >= 15 is 0 Å². The fourth-order valence-corrected chi connectivity index (χ4v) is 5.57. The second-order valence-corrected chi connectivity index (χ2v) is 8.61. The lowest BCUT2D eigenvalue weighted by Gasteiger charge is -2.04.